The minimum Gasteiger partial charge on any atom is -0.465 e. The highest BCUT2D eigenvalue weighted by Crippen LogP contribution is 2.62. The largest absolute Gasteiger partial charge is 0.465 e. The average Bonchev–Trinajstić information content (AvgIpc) is 3.22. The quantitative estimate of drug-likeness (QED) is 0.182. The molecule has 3 rings (SSSR count). The number of carbonyl (C=O) groups excluding carboxylic acids is 1. The van der Waals surface area contributed by atoms with Gasteiger partial charge in [-0.1, -0.05) is 70.6 Å². The summed E-state index contributed by atoms with van der Waals surface area (Å²) in [6, 6.07) is 0. The summed E-state index contributed by atoms with van der Waals surface area (Å²) in [5.41, 5.74) is 2.17. The Morgan fingerprint density at radius 1 is 1.21 bits per heavy atom. The summed E-state index contributed by atoms with van der Waals surface area (Å²) in [4.78, 5) is 12.6. The lowest BCUT2D eigenvalue weighted by molar-refractivity contribution is -0.158. The van der Waals surface area contributed by atoms with Crippen LogP contribution in [0.1, 0.15) is 99.3 Å². The molecule has 3 N–H and O–H groups in total. The summed E-state index contributed by atoms with van der Waals surface area (Å²) < 4.78 is 5.41. The van der Waals surface area contributed by atoms with Crippen molar-refractivity contribution >= 4 is 5.97 Å². The fourth-order valence-electron chi connectivity index (χ4n) is 7.24. The molecular weight excluding hydrogens is 476 g/mol. The number of aliphatic hydroxyl groups excluding tert-OH is 3. The first-order valence-electron chi connectivity index (χ1n) is 14.7. The third-order valence-electron chi connectivity index (χ3n) is 9.83. The second-order valence-corrected chi connectivity index (χ2v) is 13.4. The maximum atomic E-state index is 12.6. The Balaban J connectivity index is 1.75. The van der Waals surface area contributed by atoms with E-state index in [-0.39, 0.29) is 16.8 Å². The molecule has 38 heavy (non-hydrogen) atoms. The van der Waals surface area contributed by atoms with Crippen molar-refractivity contribution in [2.75, 3.05) is 6.61 Å². The Morgan fingerprint density at radius 2 is 1.92 bits per heavy atom. The van der Waals surface area contributed by atoms with Gasteiger partial charge in [-0.3, -0.25) is 4.79 Å². The Labute approximate surface area is 230 Å². The second-order valence-electron chi connectivity index (χ2n) is 13.4. The lowest BCUT2D eigenvalue weighted by Crippen LogP contribution is -2.40. The molecule has 6 atom stereocenters. The van der Waals surface area contributed by atoms with Crippen LogP contribution in [-0.2, 0) is 9.53 Å². The number of aliphatic hydroxyl groups is 3. The lowest BCUT2D eigenvalue weighted by Gasteiger charge is -2.47. The van der Waals surface area contributed by atoms with Crippen LogP contribution in [0.25, 0.3) is 0 Å². The Morgan fingerprint density at radius 3 is 2.61 bits per heavy atom. The first-order valence-corrected chi connectivity index (χ1v) is 14.7. The molecule has 0 aliphatic heterocycles. The van der Waals surface area contributed by atoms with Crippen molar-refractivity contribution in [3.8, 4) is 0 Å². The number of hydrogen-bond donors (Lipinski definition) is 3. The van der Waals surface area contributed by atoms with Crippen LogP contribution in [0.5, 0.6) is 0 Å². The summed E-state index contributed by atoms with van der Waals surface area (Å²) in [7, 11) is 0. The Kier molecular flexibility index (Phi) is 9.92. The minimum absolute atomic E-state index is 0.139. The first kappa shape index (κ1) is 30.8. The number of ether oxygens (including phenoxy) is 1. The molecule has 3 fully saturated rings. The van der Waals surface area contributed by atoms with Crippen LogP contribution in [-0.4, -0.2) is 46.2 Å². The maximum Gasteiger partial charge on any atom is 0.314 e. The van der Waals surface area contributed by atoms with Gasteiger partial charge in [0.2, 0.25) is 0 Å². The van der Waals surface area contributed by atoms with E-state index in [1.165, 1.54) is 12.0 Å². The maximum absolute atomic E-state index is 12.6. The predicted molar refractivity (Wildman–Crippen MR) is 153 cm³/mol. The lowest BCUT2D eigenvalue weighted by atomic mass is 9.57. The van der Waals surface area contributed by atoms with E-state index >= 15 is 0 Å². The van der Waals surface area contributed by atoms with Crippen LogP contribution in [0.4, 0.5) is 0 Å². The van der Waals surface area contributed by atoms with E-state index in [1.807, 2.05) is 6.08 Å². The van der Waals surface area contributed by atoms with Gasteiger partial charge in [-0.2, -0.15) is 0 Å². The van der Waals surface area contributed by atoms with Gasteiger partial charge in [0.15, 0.2) is 0 Å². The monoisotopic (exact) mass is 528 g/mol. The van der Waals surface area contributed by atoms with Crippen LogP contribution in [0.2, 0.25) is 0 Å². The molecule has 3 aliphatic rings. The number of fused-ring (bicyclic) bond motifs is 1. The highest BCUT2D eigenvalue weighted by molar-refractivity contribution is 5.77. The van der Waals surface area contributed by atoms with Gasteiger partial charge in [-0.05, 0) is 92.6 Å². The molecule has 214 valence electrons. The molecule has 0 spiro atoms. The van der Waals surface area contributed by atoms with Gasteiger partial charge in [-0.15, -0.1) is 0 Å². The van der Waals surface area contributed by atoms with Crippen molar-refractivity contribution in [1.29, 1.82) is 0 Å². The van der Waals surface area contributed by atoms with Crippen molar-refractivity contribution in [3.63, 3.8) is 0 Å². The van der Waals surface area contributed by atoms with E-state index in [0.717, 1.165) is 49.7 Å². The van der Waals surface area contributed by atoms with Gasteiger partial charge in [0.25, 0.3) is 0 Å². The number of allylic oxidation sites excluding steroid dienone is 4. The molecule has 0 heterocycles. The molecule has 0 radical (unpaired) electrons. The zero-order valence-corrected chi connectivity index (χ0v) is 24.6. The van der Waals surface area contributed by atoms with Crippen LogP contribution in [0.15, 0.2) is 47.6 Å². The highest BCUT2D eigenvalue weighted by Gasteiger charge is 2.53. The number of hydrogen-bond acceptors (Lipinski definition) is 5. The molecule has 0 saturated heterocycles. The van der Waals surface area contributed by atoms with Crippen molar-refractivity contribution in [2.24, 2.45) is 28.1 Å². The van der Waals surface area contributed by atoms with Gasteiger partial charge in [0.1, 0.15) is 0 Å². The summed E-state index contributed by atoms with van der Waals surface area (Å²) in [6.07, 6.45) is 14.5. The first-order chi connectivity index (χ1) is 17.7. The molecule has 0 unspecified atom stereocenters. The molecule has 0 amide bonds. The third kappa shape index (κ3) is 6.54. The fraction of sp³-hybridized carbons (Fsp3) is 0.727. The van der Waals surface area contributed by atoms with E-state index in [4.69, 9.17) is 4.74 Å². The predicted octanol–water partition coefficient (Wildman–Crippen LogP) is 6.44. The van der Waals surface area contributed by atoms with E-state index in [2.05, 4.69) is 52.5 Å². The van der Waals surface area contributed by atoms with Crippen LogP contribution in [0.3, 0.4) is 0 Å². The smallest absolute Gasteiger partial charge is 0.314 e. The zero-order valence-electron chi connectivity index (χ0n) is 24.6. The Hall–Kier alpha value is -1.69. The molecule has 3 aliphatic carbocycles. The molecule has 0 bridgehead atoms. The van der Waals surface area contributed by atoms with E-state index in [9.17, 15) is 20.1 Å². The molecule has 0 aromatic heterocycles. The number of carbonyl (C=O) groups is 1. The van der Waals surface area contributed by atoms with Gasteiger partial charge in [0, 0.05) is 6.42 Å². The minimum atomic E-state index is -0.999. The van der Waals surface area contributed by atoms with Crippen molar-refractivity contribution < 1.29 is 24.9 Å². The SMILES string of the molecule is C=C1/C(=C\C=C2/CCC[C@]3(C)[C@@H](C(C)(C)/C=C/[C@@H](O)C(C)(C)C(=O)OCCCC)CC[C@@H]23)C[C@@H](O)C[C@@H]1O. The Bertz CT molecular complexity index is 954. The molecule has 3 saturated carbocycles. The summed E-state index contributed by atoms with van der Waals surface area (Å²) in [5.74, 6) is 0.589. The fourth-order valence-corrected chi connectivity index (χ4v) is 7.24. The summed E-state index contributed by atoms with van der Waals surface area (Å²) >= 11 is 0. The molecule has 0 aromatic rings. The highest BCUT2D eigenvalue weighted by atomic mass is 16.5. The molecule has 0 aromatic carbocycles. The summed E-state index contributed by atoms with van der Waals surface area (Å²) in [6.45, 7) is 17.0. The van der Waals surface area contributed by atoms with Crippen molar-refractivity contribution in [3.05, 3.63) is 47.6 Å². The van der Waals surface area contributed by atoms with Gasteiger partial charge in [0.05, 0.1) is 30.3 Å². The average molecular weight is 529 g/mol. The topological polar surface area (TPSA) is 87.0 Å². The number of esters is 1. The molecule has 5 nitrogen and oxygen atoms in total. The van der Waals surface area contributed by atoms with Crippen molar-refractivity contribution in [1.82, 2.24) is 0 Å². The standard InChI is InChI=1S/C33H52O5/c1-8-9-19-38-30(37)32(5,6)29(36)16-18-31(3,4)28-15-14-26-23(11-10-17-33(26,28)7)12-13-24-20-25(34)21-27(35)22(24)2/h12-13,16,18,25-29,34-36H,2,8-11,14-15,17,19-21H2,1,3-7H3/b18-16+,23-12+,24-13-/t25-,26+,27+,28-,29-,33+/m1/s1. The van der Waals surface area contributed by atoms with Crippen LogP contribution in [0, 0.1) is 28.1 Å². The normalized spacial score (nSPS) is 33.7. The molecular formula is C33H52O5. The second kappa shape index (κ2) is 12.2. The third-order valence-corrected chi connectivity index (χ3v) is 9.83. The van der Waals surface area contributed by atoms with E-state index < -0.39 is 23.7 Å². The number of rotatable bonds is 9. The summed E-state index contributed by atoms with van der Waals surface area (Å²) in [5, 5.41) is 31.3. The van der Waals surface area contributed by atoms with Crippen LogP contribution < -0.4 is 0 Å². The van der Waals surface area contributed by atoms with Gasteiger partial charge >= 0.3 is 5.97 Å². The van der Waals surface area contributed by atoms with Gasteiger partial charge in [-0.25, -0.2) is 0 Å². The molecule has 5 heteroatoms. The van der Waals surface area contributed by atoms with Crippen LogP contribution >= 0.6 is 0 Å². The van der Waals surface area contributed by atoms with Crippen molar-refractivity contribution in [2.45, 2.75) is 118 Å². The number of unbranched alkanes of at least 4 members (excludes halogenated alkanes) is 1. The zero-order chi connectivity index (χ0) is 28.3. The van der Waals surface area contributed by atoms with E-state index in [0.29, 0.717) is 31.3 Å². The van der Waals surface area contributed by atoms with Gasteiger partial charge < -0.3 is 20.1 Å². The van der Waals surface area contributed by atoms with E-state index in [1.54, 1.807) is 13.8 Å².